The van der Waals surface area contributed by atoms with E-state index in [0.717, 1.165) is 11.9 Å². The van der Waals surface area contributed by atoms with Gasteiger partial charge in [0.15, 0.2) is 0 Å². The predicted molar refractivity (Wildman–Crippen MR) is 82.1 cm³/mol. The first-order valence-electron chi connectivity index (χ1n) is 7.71. The number of H-pyrrole nitrogens is 1. The summed E-state index contributed by atoms with van der Waals surface area (Å²) in [5.74, 6) is -0.481. The summed E-state index contributed by atoms with van der Waals surface area (Å²) in [6, 6.07) is 5.12. The highest BCUT2D eigenvalue weighted by atomic mass is 16.5. The van der Waals surface area contributed by atoms with Gasteiger partial charge in [0.05, 0.1) is 17.6 Å². The molecule has 0 unspecified atom stereocenters. The van der Waals surface area contributed by atoms with Crippen LogP contribution in [0.3, 0.4) is 0 Å². The van der Waals surface area contributed by atoms with Gasteiger partial charge in [0.1, 0.15) is 5.54 Å². The van der Waals surface area contributed by atoms with E-state index in [2.05, 4.69) is 4.98 Å². The Morgan fingerprint density at radius 3 is 2.87 bits per heavy atom. The quantitative estimate of drug-likeness (QED) is 0.789. The molecular weight excluding hydrogens is 298 g/mol. The van der Waals surface area contributed by atoms with Crippen molar-refractivity contribution in [1.29, 1.82) is 0 Å². The fraction of sp³-hybridized carbons (Fsp3) is 0.438. The number of carbonyl (C=O) groups is 2. The van der Waals surface area contributed by atoms with Crippen LogP contribution in [0.15, 0.2) is 23.0 Å². The Kier molecular flexibility index (Phi) is 2.88. The summed E-state index contributed by atoms with van der Waals surface area (Å²) < 4.78 is 6.61. The number of benzene rings is 1. The Labute approximate surface area is 131 Å². The minimum Gasteiger partial charge on any atom is -0.464 e. The summed E-state index contributed by atoms with van der Waals surface area (Å²) in [5.41, 5.74) is 0.811. The van der Waals surface area contributed by atoms with Gasteiger partial charge in [0, 0.05) is 25.6 Å². The van der Waals surface area contributed by atoms with Crippen LogP contribution < -0.4 is 5.69 Å². The van der Waals surface area contributed by atoms with E-state index in [4.69, 9.17) is 4.74 Å². The van der Waals surface area contributed by atoms with Crippen molar-refractivity contribution in [3.63, 3.8) is 0 Å². The molecule has 1 N–H and O–H groups in total. The molecule has 0 radical (unpaired) electrons. The van der Waals surface area contributed by atoms with Gasteiger partial charge in [-0.25, -0.2) is 9.59 Å². The molecule has 2 saturated heterocycles. The molecule has 1 atom stereocenters. The SMILES string of the molecule is Cn1c(=O)[nH]c2cc(C(=O)N3CCC[C@]34CCOC4=O)ccc21. The van der Waals surface area contributed by atoms with Gasteiger partial charge in [0.25, 0.3) is 5.91 Å². The average molecular weight is 315 g/mol. The normalized spacial score (nSPS) is 23.9. The molecule has 120 valence electrons. The first-order chi connectivity index (χ1) is 11.0. The minimum absolute atomic E-state index is 0.187. The molecule has 3 heterocycles. The van der Waals surface area contributed by atoms with E-state index >= 15 is 0 Å². The number of nitrogens with zero attached hydrogens (tertiary/aromatic N) is 2. The maximum Gasteiger partial charge on any atom is 0.332 e. The van der Waals surface area contributed by atoms with Crippen LogP contribution in [0, 0.1) is 0 Å². The third-order valence-electron chi connectivity index (χ3n) is 5.01. The first kappa shape index (κ1) is 14.0. The maximum atomic E-state index is 12.9. The van der Waals surface area contributed by atoms with Crippen LogP contribution in [-0.4, -0.2) is 45.0 Å². The molecule has 0 aliphatic carbocycles. The van der Waals surface area contributed by atoms with E-state index in [1.165, 1.54) is 4.57 Å². The first-order valence-corrected chi connectivity index (χ1v) is 7.71. The Balaban J connectivity index is 1.74. The summed E-state index contributed by atoms with van der Waals surface area (Å²) in [5, 5.41) is 0. The van der Waals surface area contributed by atoms with Gasteiger partial charge in [-0.2, -0.15) is 0 Å². The molecule has 23 heavy (non-hydrogen) atoms. The number of imidazole rings is 1. The van der Waals surface area contributed by atoms with Crippen molar-refractivity contribution < 1.29 is 14.3 Å². The largest absolute Gasteiger partial charge is 0.464 e. The lowest BCUT2D eigenvalue weighted by molar-refractivity contribution is -0.145. The lowest BCUT2D eigenvalue weighted by Gasteiger charge is -2.31. The Bertz CT molecular complexity index is 877. The Morgan fingerprint density at radius 2 is 2.13 bits per heavy atom. The van der Waals surface area contributed by atoms with E-state index in [9.17, 15) is 14.4 Å². The molecule has 2 aliphatic rings. The second kappa shape index (κ2) is 4.71. The molecular formula is C16H17N3O4. The van der Waals surface area contributed by atoms with Gasteiger partial charge >= 0.3 is 11.7 Å². The zero-order valence-corrected chi connectivity index (χ0v) is 12.8. The van der Waals surface area contributed by atoms with Crippen LogP contribution in [0.1, 0.15) is 29.6 Å². The number of rotatable bonds is 1. The highest BCUT2D eigenvalue weighted by Crippen LogP contribution is 2.38. The highest BCUT2D eigenvalue weighted by Gasteiger charge is 2.53. The van der Waals surface area contributed by atoms with E-state index in [1.807, 2.05) is 0 Å². The summed E-state index contributed by atoms with van der Waals surface area (Å²) in [4.78, 5) is 41.1. The van der Waals surface area contributed by atoms with Gasteiger partial charge in [-0.15, -0.1) is 0 Å². The van der Waals surface area contributed by atoms with Crippen molar-refractivity contribution in [1.82, 2.24) is 14.5 Å². The maximum absolute atomic E-state index is 12.9. The molecule has 0 saturated carbocycles. The number of carbonyl (C=O) groups excluding carboxylic acids is 2. The highest BCUT2D eigenvalue weighted by molar-refractivity contribution is 6.01. The van der Waals surface area contributed by atoms with E-state index in [-0.39, 0.29) is 17.6 Å². The van der Waals surface area contributed by atoms with Gasteiger partial charge in [-0.3, -0.25) is 9.36 Å². The van der Waals surface area contributed by atoms with Crippen molar-refractivity contribution in [2.45, 2.75) is 24.8 Å². The smallest absolute Gasteiger partial charge is 0.332 e. The van der Waals surface area contributed by atoms with Gasteiger partial charge in [-0.1, -0.05) is 0 Å². The second-order valence-corrected chi connectivity index (χ2v) is 6.20. The molecule has 1 amide bonds. The fourth-order valence-corrected chi connectivity index (χ4v) is 3.72. The number of ether oxygens (including phenoxy) is 1. The number of cyclic esters (lactones) is 1. The number of aromatic nitrogens is 2. The number of nitrogens with one attached hydrogen (secondary N) is 1. The van der Waals surface area contributed by atoms with Gasteiger partial charge in [0.2, 0.25) is 0 Å². The minimum atomic E-state index is -0.795. The number of hydrogen-bond acceptors (Lipinski definition) is 4. The lowest BCUT2D eigenvalue weighted by Crippen LogP contribution is -2.50. The number of amides is 1. The standard InChI is InChI=1S/C16H17N3O4/c1-18-12-4-3-10(9-11(12)17-15(18)22)13(20)19-7-2-5-16(19)6-8-23-14(16)21/h3-4,9H,2,5-8H2,1H3,(H,17,22)/t16-/m1/s1. The van der Waals surface area contributed by atoms with Crippen LogP contribution in [0.2, 0.25) is 0 Å². The predicted octanol–water partition coefficient (Wildman–Crippen LogP) is 0.788. The Morgan fingerprint density at radius 1 is 1.30 bits per heavy atom. The monoisotopic (exact) mass is 315 g/mol. The van der Waals surface area contributed by atoms with Crippen molar-refractivity contribution >= 4 is 22.9 Å². The number of hydrogen-bond donors (Lipinski definition) is 1. The summed E-state index contributed by atoms with van der Waals surface area (Å²) >= 11 is 0. The summed E-state index contributed by atoms with van der Waals surface area (Å²) in [6.07, 6.45) is 2.01. The van der Waals surface area contributed by atoms with Crippen molar-refractivity contribution in [2.75, 3.05) is 13.2 Å². The molecule has 4 rings (SSSR count). The molecule has 2 fully saturated rings. The number of esters is 1. The molecule has 2 aromatic rings. The third kappa shape index (κ3) is 1.85. The number of aryl methyl sites for hydroxylation is 1. The van der Waals surface area contributed by atoms with Crippen molar-refractivity contribution in [3.05, 3.63) is 34.2 Å². The van der Waals surface area contributed by atoms with Crippen LogP contribution in [0.25, 0.3) is 11.0 Å². The Hall–Kier alpha value is -2.57. The number of aromatic amines is 1. The topological polar surface area (TPSA) is 84.4 Å². The van der Waals surface area contributed by atoms with Crippen LogP contribution >= 0.6 is 0 Å². The molecule has 1 aromatic carbocycles. The van der Waals surface area contributed by atoms with Crippen LogP contribution in [-0.2, 0) is 16.6 Å². The zero-order valence-electron chi connectivity index (χ0n) is 12.8. The van der Waals surface area contributed by atoms with E-state index in [1.54, 1.807) is 30.1 Å². The molecule has 0 bridgehead atoms. The number of likely N-dealkylation sites (tertiary alicyclic amines) is 1. The molecule has 2 aliphatic heterocycles. The second-order valence-electron chi connectivity index (χ2n) is 6.20. The van der Waals surface area contributed by atoms with Gasteiger partial charge in [-0.05, 0) is 31.0 Å². The lowest BCUT2D eigenvalue weighted by atomic mass is 9.94. The third-order valence-corrected chi connectivity index (χ3v) is 5.01. The average Bonchev–Trinajstić information content (AvgIpc) is 3.20. The molecule has 7 nitrogen and oxygen atoms in total. The van der Waals surface area contributed by atoms with E-state index < -0.39 is 5.54 Å². The van der Waals surface area contributed by atoms with Gasteiger partial charge < -0.3 is 14.6 Å². The summed E-state index contributed by atoms with van der Waals surface area (Å²) in [6.45, 7) is 0.922. The van der Waals surface area contributed by atoms with Crippen LogP contribution in [0.5, 0.6) is 0 Å². The van der Waals surface area contributed by atoms with Crippen molar-refractivity contribution in [2.24, 2.45) is 7.05 Å². The van der Waals surface area contributed by atoms with Crippen LogP contribution in [0.4, 0.5) is 0 Å². The van der Waals surface area contributed by atoms with E-state index in [0.29, 0.717) is 37.1 Å². The summed E-state index contributed by atoms with van der Waals surface area (Å²) in [7, 11) is 1.67. The number of fused-ring (bicyclic) bond motifs is 1. The van der Waals surface area contributed by atoms with Crippen molar-refractivity contribution in [3.8, 4) is 0 Å². The molecule has 1 spiro atoms. The zero-order chi connectivity index (χ0) is 16.2. The molecule has 7 heteroatoms. The molecule has 1 aromatic heterocycles. The fourth-order valence-electron chi connectivity index (χ4n) is 3.72.